The molecule has 0 spiro atoms. The molecule has 2 atom stereocenters. The van der Waals surface area contributed by atoms with E-state index in [1.807, 2.05) is 21.1 Å². The van der Waals surface area contributed by atoms with E-state index in [1.54, 1.807) is 0 Å². The molecule has 0 aromatic heterocycles. The number of carbonyl (C=O) groups excluding carboxylic acids is 2. The zero-order valence-corrected chi connectivity index (χ0v) is 69.3. The molecule has 0 radical (unpaired) electrons. The predicted octanol–water partition coefficient (Wildman–Crippen LogP) is 30.0. The first kappa shape index (κ1) is 99.2. The van der Waals surface area contributed by atoms with E-state index >= 15 is 0 Å². The number of quaternary nitrogens is 1. The lowest BCUT2D eigenvalue weighted by Gasteiger charge is -2.24. The Morgan fingerprint density at radius 1 is 0.314 bits per heavy atom. The standard InChI is InChI=1S/C92H170NO8P/c1-6-8-10-12-14-16-18-20-22-24-26-28-30-32-34-36-38-40-42-44-45-46-47-49-50-52-54-56-58-60-62-64-66-68-70-72-74-76-78-80-82-84-91(94)98-88-90(89-100-102(96,97)99-87-86-93(3,4)5)101-92(95)85-83-81-79-77-75-73-71-69-67-65-63-61-59-57-55-53-51-48-43-41-39-37-35-33-31-29-27-25-23-21-19-17-15-13-11-9-7-2/h9,11,15,17,21,23-24,26-27,29,33,35,39,41,90H,6-8,10,12-14,16,18-20,22,25,28,30-32,34,36-38,40,42-89H2,1-5H3/p+1/b11-9-,17-15-,23-21-,26-24-,29-27-,35-33-,41-39-. The minimum atomic E-state index is -4.40. The molecule has 10 heteroatoms. The summed E-state index contributed by atoms with van der Waals surface area (Å²) >= 11 is 0. The Morgan fingerprint density at radius 2 is 0.559 bits per heavy atom. The highest BCUT2D eigenvalue weighted by Gasteiger charge is 2.27. The highest BCUT2D eigenvalue weighted by molar-refractivity contribution is 7.47. The van der Waals surface area contributed by atoms with Crippen LogP contribution >= 0.6 is 7.82 Å². The number of phosphoric ester groups is 1. The molecule has 0 fully saturated rings. The van der Waals surface area contributed by atoms with Gasteiger partial charge in [0, 0.05) is 12.8 Å². The van der Waals surface area contributed by atoms with Crippen molar-refractivity contribution >= 4 is 19.8 Å². The van der Waals surface area contributed by atoms with Gasteiger partial charge < -0.3 is 18.9 Å². The van der Waals surface area contributed by atoms with Crippen molar-refractivity contribution in [2.75, 3.05) is 47.5 Å². The second kappa shape index (κ2) is 82.3. The van der Waals surface area contributed by atoms with Gasteiger partial charge in [-0.1, -0.05) is 420 Å². The van der Waals surface area contributed by atoms with Crippen LogP contribution in [-0.4, -0.2) is 74.9 Å². The lowest BCUT2D eigenvalue weighted by atomic mass is 10.0. The maximum absolute atomic E-state index is 12.9. The molecular formula is C92H171NO8P+. The fourth-order valence-corrected chi connectivity index (χ4v) is 13.9. The summed E-state index contributed by atoms with van der Waals surface area (Å²) in [5, 5.41) is 0. The first-order valence-electron chi connectivity index (χ1n) is 44.3. The number of hydrogen-bond donors (Lipinski definition) is 1. The van der Waals surface area contributed by atoms with Crippen molar-refractivity contribution < 1.29 is 42.1 Å². The Morgan fingerprint density at radius 3 is 0.843 bits per heavy atom. The second-order valence-electron chi connectivity index (χ2n) is 31.3. The molecule has 0 aromatic rings. The van der Waals surface area contributed by atoms with Crippen LogP contribution in [0, 0.1) is 0 Å². The molecule has 0 aliphatic heterocycles. The van der Waals surface area contributed by atoms with Crippen molar-refractivity contribution in [3.05, 3.63) is 85.1 Å². The number of allylic oxidation sites excluding steroid dienone is 14. The van der Waals surface area contributed by atoms with Crippen LogP contribution in [0.3, 0.4) is 0 Å². The van der Waals surface area contributed by atoms with Crippen LogP contribution in [0.1, 0.15) is 438 Å². The van der Waals surface area contributed by atoms with Crippen LogP contribution in [-0.2, 0) is 32.7 Å². The lowest BCUT2D eigenvalue weighted by Crippen LogP contribution is -2.37. The molecule has 0 amide bonds. The molecule has 0 aliphatic rings. The summed E-state index contributed by atoms with van der Waals surface area (Å²) in [7, 11) is 1.50. The number of likely N-dealkylation sites (N-methyl/N-ethyl adjacent to an activating group) is 1. The summed E-state index contributed by atoms with van der Waals surface area (Å²) in [6.45, 7) is 4.39. The Bertz CT molecular complexity index is 2000. The average Bonchev–Trinajstić information content (AvgIpc) is 0.913. The molecule has 0 heterocycles. The molecule has 0 aliphatic carbocycles. The van der Waals surface area contributed by atoms with Gasteiger partial charge in [-0.25, -0.2) is 4.57 Å². The summed E-state index contributed by atoms with van der Waals surface area (Å²) in [5.74, 6) is -0.775. The maximum atomic E-state index is 12.9. The fraction of sp³-hybridized carbons (Fsp3) is 0.826. The topological polar surface area (TPSA) is 108 Å². The molecule has 596 valence electrons. The van der Waals surface area contributed by atoms with E-state index in [9.17, 15) is 19.0 Å². The molecule has 0 aromatic carbocycles. The van der Waals surface area contributed by atoms with E-state index < -0.39 is 26.5 Å². The molecule has 9 nitrogen and oxygen atoms in total. The van der Waals surface area contributed by atoms with E-state index in [0.717, 1.165) is 70.6 Å². The van der Waals surface area contributed by atoms with Gasteiger partial charge in [0.15, 0.2) is 6.10 Å². The largest absolute Gasteiger partial charge is 0.472 e. The third-order valence-corrected chi connectivity index (χ3v) is 20.9. The molecule has 0 saturated heterocycles. The van der Waals surface area contributed by atoms with Crippen LogP contribution in [0.2, 0.25) is 0 Å². The smallest absolute Gasteiger partial charge is 0.462 e. The van der Waals surface area contributed by atoms with Gasteiger partial charge in [-0.2, -0.15) is 0 Å². The Hall–Kier alpha value is -2.81. The molecule has 2 unspecified atom stereocenters. The van der Waals surface area contributed by atoms with Crippen molar-refractivity contribution in [3.63, 3.8) is 0 Å². The van der Waals surface area contributed by atoms with Crippen LogP contribution in [0.5, 0.6) is 0 Å². The first-order valence-corrected chi connectivity index (χ1v) is 45.8. The van der Waals surface area contributed by atoms with Gasteiger partial charge in [-0.05, 0) is 89.9 Å². The number of rotatable bonds is 83. The number of nitrogens with zero attached hydrogens (tertiary/aromatic N) is 1. The van der Waals surface area contributed by atoms with E-state index in [-0.39, 0.29) is 25.6 Å². The number of carbonyl (C=O) groups is 2. The lowest BCUT2D eigenvalue weighted by molar-refractivity contribution is -0.870. The SMILES string of the molecule is CC/C=C\C/C=C\C/C=C\C/C=C\C/C=C\C/C=C\CCCCCCCCCCCCCCCCCCCCC(=O)OC(COC(=O)CCCCCCCCCCCCCCCCCCCCCCCCCCCCCCC/C=C\CCCCCCCCCC)COP(=O)(O)OCC[N+](C)(C)C. The van der Waals surface area contributed by atoms with Crippen molar-refractivity contribution in [1.82, 2.24) is 0 Å². The monoisotopic (exact) mass is 1450 g/mol. The number of hydrogen-bond acceptors (Lipinski definition) is 7. The van der Waals surface area contributed by atoms with Crippen LogP contribution in [0.25, 0.3) is 0 Å². The van der Waals surface area contributed by atoms with Crippen LogP contribution in [0.15, 0.2) is 85.1 Å². The molecule has 0 rings (SSSR count). The fourth-order valence-electron chi connectivity index (χ4n) is 13.2. The summed E-state index contributed by atoms with van der Waals surface area (Å²) < 4.78 is 34.9. The van der Waals surface area contributed by atoms with Gasteiger partial charge in [0.25, 0.3) is 0 Å². The molecule has 0 saturated carbocycles. The number of unbranched alkanes of at least 4 members (excludes halogenated alkanes) is 55. The van der Waals surface area contributed by atoms with E-state index in [0.29, 0.717) is 23.9 Å². The highest BCUT2D eigenvalue weighted by Crippen LogP contribution is 2.43. The Balaban J connectivity index is 3.87. The van der Waals surface area contributed by atoms with Gasteiger partial charge in [0.1, 0.15) is 19.8 Å². The Labute approximate surface area is 634 Å². The van der Waals surface area contributed by atoms with Crippen molar-refractivity contribution in [3.8, 4) is 0 Å². The highest BCUT2D eigenvalue weighted by atomic mass is 31.2. The van der Waals surface area contributed by atoms with Gasteiger partial charge in [0.05, 0.1) is 27.7 Å². The van der Waals surface area contributed by atoms with E-state index in [1.165, 1.54) is 334 Å². The molecule has 0 bridgehead atoms. The summed E-state index contributed by atoms with van der Waals surface area (Å²) in [6.07, 6.45) is 115. The maximum Gasteiger partial charge on any atom is 0.472 e. The third-order valence-electron chi connectivity index (χ3n) is 19.9. The number of ether oxygens (including phenoxy) is 2. The van der Waals surface area contributed by atoms with Crippen LogP contribution in [0.4, 0.5) is 0 Å². The van der Waals surface area contributed by atoms with Gasteiger partial charge >= 0.3 is 19.8 Å². The zero-order chi connectivity index (χ0) is 74.0. The predicted molar refractivity (Wildman–Crippen MR) is 446 cm³/mol. The second-order valence-corrected chi connectivity index (χ2v) is 32.7. The number of esters is 2. The van der Waals surface area contributed by atoms with Gasteiger partial charge in [-0.3, -0.25) is 18.6 Å². The summed E-state index contributed by atoms with van der Waals surface area (Å²) in [6, 6.07) is 0. The van der Waals surface area contributed by atoms with Crippen molar-refractivity contribution in [2.24, 2.45) is 0 Å². The number of phosphoric acid groups is 1. The first-order chi connectivity index (χ1) is 50.0. The molecular weight excluding hydrogens is 1280 g/mol. The van der Waals surface area contributed by atoms with Gasteiger partial charge in [-0.15, -0.1) is 0 Å². The minimum absolute atomic E-state index is 0.0328. The normalized spacial score (nSPS) is 13.4. The third kappa shape index (κ3) is 86.1. The van der Waals surface area contributed by atoms with E-state index in [2.05, 4.69) is 98.9 Å². The van der Waals surface area contributed by atoms with Crippen LogP contribution < -0.4 is 0 Å². The zero-order valence-electron chi connectivity index (χ0n) is 68.4. The average molecular weight is 1450 g/mol. The van der Waals surface area contributed by atoms with Crippen molar-refractivity contribution in [2.45, 2.75) is 444 Å². The van der Waals surface area contributed by atoms with Crippen molar-refractivity contribution in [1.29, 1.82) is 0 Å². The molecule has 1 N–H and O–H groups in total. The Kier molecular flexibility index (Phi) is 80.0. The quantitative estimate of drug-likeness (QED) is 0.0211. The summed E-state index contributed by atoms with van der Waals surface area (Å²) in [5.41, 5.74) is 0. The van der Waals surface area contributed by atoms with Gasteiger partial charge in [0.2, 0.25) is 0 Å². The molecule has 102 heavy (non-hydrogen) atoms. The minimum Gasteiger partial charge on any atom is -0.462 e. The van der Waals surface area contributed by atoms with E-state index in [4.69, 9.17) is 18.5 Å². The summed E-state index contributed by atoms with van der Waals surface area (Å²) in [4.78, 5) is 36.1.